The summed E-state index contributed by atoms with van der Waals surface area (Å²) in [7, 11) is 0. The van der Waals surface area contributed by atoms with Crippen LogP contribution in [0.2, 0.25) is 0 Å². The molecule has 0 bridgehead atoms. The van der Waals surface area contributed by atoms with Crippen LogP contribution in [0, 0.1) is 6.92 Å². The Morgan fingerprint density at radius 2 is 2.07 bits per heavy atom. The van der Waals surface area contributed by atoms with E-state index in [9.17, 15) is 9.59 Å². The monoisotopic (exact) mass is 364 g/mol. The lowest BCUT2D eigenvalue weighted by molar-refractivity contribution is -0.136. The first-order valence-electron chi connectivity index (χ1n) is 9.24. The molecule has 3 fully saturated rings. The fraction of sp³-hybridized carbons (Fsp3) is 0.400. The molecule has 0 unspecified atom stereocenters. The van der Waals surface area contributed by atoms with Crippen LogP contribution >= 0.6 is 0 Å². The van der Waals surface area contributed by atoms with E-state index in [2.05, 4.69) is 9.97 Å². The van der Waals surface area contributed by atoms with Crippen molar-refractivity contribution < 1.29 is 14.3 Å². The van der Waals surface area contributed by atoms with Crippen molar-refractivity contribution in [2.45, 2.75) is 31.5 Å². The van der Waals surface area contributed by atoms with E-state index in [4.69, 9.17) is 4.74 Å². The van der Waals surface area contributed by atoms with Gasteiger partial charge in [0.25, 0.3) is 5.91 Å². The van der Waals surface area contributed by atoms with E-state index < -0.39 is 5.72 Å². The molecule has 0 saturated carbocycles. The van der Waals surface area contributed by atoms with Crippen LogP contribution in [0.15, 0.2) is 36.5 Å². The van der Waals surface area contributed by atoms with Gasteiger partial charge in [-0.25, -0.2) is 9.97 Å². The number of carbonyl (C=O) groups excluding carboxylic acids is 2. The van der Waals surface area contributed by atoms with Gasteiger partial charge in [-0.15, -0.1) is 0 Å². The summed E-state index contributed by atoms with van der Waals surface area (Å²) >= 11 is 0. The summed E-state index contributed by atoms with van der Waals surface area (Å²) in [5.41, 5.74) is 1.34. The van der Waals surface area contributed by atoms with Crippen LogP contribution < -0.4 is 0 Å². The number of likely N-dealkylation sites (tertiary alicyclic amines) is 1. The average Bonchev–Trinajstić information content (AvgIpc) is 3.33. The number of hydrogen-bond donors (Lipinski definition) is 0. The number of carbonyl (C=O) groups is 2. The lowest BCUT2D eigenvalue weighted by atomic mass is 10.0. The Morgan fingerprint density at radius 3 is 2.89 bits per heavy atom. The number of hydrogen-bond acceptors (Lipinski definition) is 5. The van der Waals surface area contributed by atoms with Crippen molar-refractivity contribution in [1.82, 2.24) is 19.8 Å². The highest BCUT2D eigenvalue weighted by molar-refractivity contribution is 6.00. The first-order valence-corrected chi connectivity index (χ1v) is 9.24. The molecule has 0 aliphatic carbocycles. The maximum atomic E-state index is 13.4. The minimum absolute atomic E-state index is 0.0680. The molecule has 3 aliphatic heterocycles. The highest BCUT2D eigenvalue weighted by Gasteiger charge is 2.63. The third-order valence-corrected chi connectivity index (χ3v) is 5.85. The molecule has 5 rings (SSSR count). The minimum atomic E-state index is -0.634. The van der Waals surface area contributed by atoms with Crippen LogP contribution in [0.3, 0.4) is 0 Å². The van der Waals surface area contributed by atoms with Gasteiger partial charge in [0.05, 0.1) is 30.3 Å². The van der Waals surface area contributed by atoms with Gasteiger partial charge in [-0.1, -0.05) is 30.3 Å². The van der Waals surface area contributed by atoms with Gasteiger partial charge in [0, 0.05) is 31.3 Å². The molecule has 27 heavy (non-hydrogen) atoms. The van der Waals surface area contributed by atoms with Crippen LogP contribution in [0.5, 0.6) is 0 Å². The van der Waals surface area contributed by atoms with E-state index in [-0.39, 0.29) is 17.9 Å². The molecule has 3 saturated heterocycles. The SMILES string of the molecule is Cc1ncc(C(=O)N2CC[C@@]34OCCN3C(=O)C[C@@H]24)c(-c2ccccc2)n1. The molecule has 1 aromatic carbocycles. The lowest BCUT2D eigenvalue weighted by Gasteiger charge is -2.31. The zero-order valence-electron chi connectivity index (χ0n) is 15.1. The predicted octanol–water partition coefficient (Wildman–Crippen LogP) is 1.63. The second-order valence-electron chi connectivity index (χ2n) is 7.25. The molecule has 138 valence electrons. The average molecular weight is 364 g/mol. The standard InChI is InChI=1S/C20H20N4O3/c1-13-21-12-15(18(22-13)14-5-3-2-4-6-14)19(26)23-8-7-20-16(23)11-17(25)24(20)9-10-27-20/h2-6,12,16H,7-11H2,1H3/t16-,20+/m1/s1. The van der Waals surface area contributed by atoms with Gasteiger partial charge in [0.1, 0.15) is 5.82 Å². The van der Waals surface area contributed by atoms with Crippen molar-refractivity contribution in [1.29, 1.82) is 0 Å². The normalized spacial score (nSPS) is 26.4. The van der Waals surface area contributed by atoms with Gasteiger partial charge in [-0.3, -0.25) is 9.59 Å². The van der Waals surface area contributed by atoms with E-state index in [0.29, 0.717) is 49.6 Å². The van der Waals surface area contributed by atoms with Crippen LogP contribution in [-0.4, -0.2) is 63.0 Å². The Balaban J connectivity index is 1.53. The third kappa shape index (κ3) is 2.31. The second-order valence-corrected chi connectivity index (χ2v) is 7.25. The first-order chi connectivity index (χ1) is 13.1. The first kappa shape index (κ1) is 16.4. The largest absolute Gasteiger partial charge is 0.351 e. The molecular weight excluding hydrogens is 344 g/mol. The Bertz CT molecular complexity index is 932. The van der Waals surface area contributed by atoms with Crippen LogP contribution in [0.4, 0.5) is 0 Å². The zero-order valence-corrected chi connectivity index (χ0v) is 15.1. The van der Waals surface area contributed by atoms with Crippen molar-refractivity contribution >= 4 is 11.8 Å². The molecule has 3 aliphatic rings. The molecule has 0 radical (unpaired) electrons. The van der Waals surface area contributed by atoms with Crippen molar-refractivity contribution in [3.8, 4) is 11.3 Å². The molecule has 2 atom stereocenters. The molecule has 4 heterocycles. The van der Waals surface area contributed by atoms with E-state index in [0.717, 1.165) is 5.56 Å². The summed E-state index contributed by atoms with van der Waals surface area (Å²) in [5.74, 6) is 0.545. The number of amides is 2. The topological polar surface area (TPSA) is 75.6 Å². The zero-order chi connectivity index (χ0) is 18.6. The van der Waals surface area contributed by atoms with Gasteiger partial charge >= 0.3 is 0 Å². The second kappa shape index (κ2) is 5.85. The maximum Gasteiger partial charge on any atom is 0.258 e. The van der Waals surface area contributed by atoms with Gasteiger partial charge in [0.15, 0.2) is 5.72 Å². The molecular formula is C20H20N4O3. The highest BCUT2D eigenvalue weighted by Crippen LogP contribution is 2.46. The summed E-state index contributed by atoms with van der Waals surface area (Å²) in [6.45, 7) is 3.52. The number of rotatable bonds is 2. The summed E-state index contributed by atoms with van der Waals surface area (Å²) in [4.78, 5) is 38.2. The van der Waals surface area contributed by atoms with E-state index in [1.807, 2.05) is 42.2 Å². The van der Waals surface area contributed by atoms with Crippen LogP contribution in [0.25, 0.3) is 11.3 Å². The molecule has 7 heteroatoms. The molecule has 1 spiro atoms. The van der Waals surface area contributed by atoms with Gasteiger partial charge < -0.3 is 14.5 Å². The molecule has 2 aromatic rings. The number of ether oxygens (including phenoxy) is 1. The van der Waals surface area contributed by atoms with E-state index in [1.165, 1.54) is 0 Å². The fourth-order valence-electron chi connectivity index (χ4n) is 4.63. The van der Waals surface area contributed by atoms with E-state index in [1.54, 1.807) is 11.1 Å². The predicted molar refractivity (Wildman–Crippen MR) is 96.7 cm³/mol. The summed E-state index contributed by atoms with van der Waals surface area (Å²) in [5, 5.41) is 0. The van der Waals surface area contributed by atoms with Crippen molar-refractivity contribution in [3.05, 3.63) is 47.9 Å². The Kier molecular flexibility index (Phi) is 3.55. The minimum Gasteiger partial charge on any atom is -0.351 e. The van der Waals surface area contributed by atoms with Crippen molar-refractivity contribution in [2.75, 3.05) is 19.7 Å². The van der Waals surface area contributed by atoms with E-state index >= 15 is 0 Å². The molecule has 1 aromatic heterocycles. The maximum absolute atomic E-state index is 13.4. The van der Waals surface area contributed by atoms with Gasteiger partial charge in [-0.2, -0.15) is 0 Å². The highest BCUT2D eigenvalue weighted by atomic mass is 16.5. The quantitative estimate of drug-likeness (QED) is 0.810. The number of aromatic nitrogens is 2. The van der Waals surface area contributed by atoms with Gasteiger partial charge in [-0.05, 0) is 6.92 Å². The Morgan fingerprint density at radius 1 is 1.26 bits per heavy atom. The number of aryl methyl sites for hydroxylation is 1. The van der Waals surface area contributed by atoms with Crippen LogP contribution in [-0.2, 0) is 9.53 Å². The van der Waals surface area contributed by atoms with Gasteiger partial charge in [0.2, 0.25) is 5.91 Å². The molecule has 7 nitrogen and oxygen atoms in total. The summed E-state index contributed by atoms with van der Waals surface area (Å²) in [6.07, 6.45) is 2.57. The van der Waals surface area contributed by atoms with Crippen LogP contribution in [0.1, 0.15) is 29.0 Å². The Labute approximate surface area is 157 Å². The van der Waals surface area contributed by atoms with Crippen molar-refractivity contribution in [2.24, 2.45) is 0 Å². The summed E-state index contributed by atoms with van der Waals surface area (Å²) < 4.78 is 5.99. The summed E-state index contributed by atoms with van der Waals surface area (Å²) in [6, 6.07) is 9.40. The fourth-order valence-corrected chi connectivity index (χ4v) is 4.63. The third-order valence-electron chi connectivity index (χ3n) is 5.85. The molecule has 2 amide bonds. The number of nitrogens with zero attached hydrogens (tertiary/aromatic N) is 4. The lowest BCUT2D eigenvalue weighted by Crippen LogP contribution is -2.48. The number of benzene rings is 1. The smallest absolute Gasteiger partial charge is 0.258 e. The Hall–Kier alpha value is -2.80. The molecule has 0 N–H and O–H groups in total. The van der Waals surface area contributed by atoms with Crippen molar-refractivity contribution in [3.63, 3.8) is 0 Å².